The first-order valence-corrected chi connectivity index (χ1v) is 10.5. The molecule has 1 fully saturated rings. The second-order valence-corrected chi connectivity index (χ2v) is 7.51. The Kier molecular flexibility index (Phi) is 8.11. The molecular formula is C24H32N2O4. The minimum absolute atomic E-state index is 0.0716. The summed E-state index contributed by atoms with van der Waals surface area (Å²) in [5.74, 6) is 2.27. The third-order valence-electron chi connectivity index (χ3n) is 5.66. The number of likely N-dealkylation sites (tertiary alicyclic amines) is 1. The van der Waals surface area contributed by atoms with E-state index in [4.69, 9.17) is 14.2 Å². The summed E-state index contributed by atoms with van der Waals surface area (Å²) in [5, 5.41) is 3.38. The molecule has 0 radical (unpaired) electrons. The van der Waals surface area contributed by atoms with Gasteiger partial charge in [-0.05, 0) is 67.9 Å². The summed E-state index contributed by atoms with van der Waals surface area (Å²) < 4.78 is 16.1. The van der Waals surface area contributed by atoms with Crippen molar-refractivity contribution < 1.29 is 19.0 Å². The van der Waals surface area contributed by atoms with Gasteiger partial charge in [-0.3, -0.25) is 9.69 Å². The van der Waals surface area contributed by atoms with E-state index in [1.165, 1.54) is 24.8 Å². The number of rotatable bonds is 10. The second-order valence-electron chi connectivity index (χ2n) is 7.51. The molecule has 0 spiro atoms. The molecule has 6 nitrogen and oxygen atoms in total. The average Bonchev–Trinajstić information content (AvgIpc) is 2.82. The van der Waals surface area contributed by atoms with E-state index in [-0.39, 0.29) is 11.8 Å². The van der Waals surface area contributed by atoms with Gasteiger partial charge in [0.1, 0.15) is 5.75 Å². The lowest BCUT2D eigenvalue weighted by Crippen LogP contribution is -2.40. The fourth-order valence-corrected chi connectivity index (χ4v) is 3.95. The minimum atomic E-state index is 0.0716. The Morgan fingerprint density at radius 1 is 0.933 bits per heavy atom. The third kappa shape index (κ3) is 5.52. The standard InChI is InChI=1S/C24H32N2O4/c1-28-20-10-7-18(8-11-20)22(27)17-25-16-21(26-13-5-4-6-14-26)19-9-12-23(29-2)24(15-19)30-3/h7-12,15,21,25H,4-6,13-14,16-17H2,1-3H3. The Hall–Kier alpha value is -2.57. The van der Waals surface area contributed by atoms with Crippen molar-refractivity contribution in [2.75, 3.05) is 47.5 Å². The lowest BCUT2D eigenvalue weighted by molar-refractivity contribution is 0.0983. The molecule has 3 rings (SSSR count). The first-order chi connectivity index (χ1) is 14.7. The van der Waals surface area contributed by atoms with Crippen LogP contribution in [0.15, 0.2) is 42.5 Å². The van der Waals surface area contributed by atoms with Crippen LogP contribution >= 0.6 is 0 Å². The first kappa shape index (κ1) is 22.1. The molecular weight excluding hydrogens is 380 g/mol. The van der Waals surface area contributed by atoms with Crippen LogP contribution in [0.1, 0.15) is 41.2 Å². The smallest absolute Gasteiger partial charge is 0.176 e. The van der Waals surface area contributed by atoms with E-state index in [1.807, 2.05) is 24.3 Å². The molecule has 1 atom stereocenters. The first-order valence-electron chi connectivity index (χ1n) is 10.5. The topological polar surface area (TPSA) is 60.0 Å². The fourth-order valence-electron chi connectivity index (χ4n) is 3.95. The number of carbonyl (C=O) groups excluding carboxylic acids is 1. The highest BCUT2D eigenvalue weighted by molar-refractivity contribution is 5.97. The van der Waals surface area contributed by atoms with Crippen molar-refractivity contribution in [3.05, 3.63) is 53.6 Å². The van der Waals surface area contributed by atoms with Gasteiger partial charge in [0.15, 0.2) is 17.3 Å². The van der Waals surface area contributed by atoms with Crippen LogP contribution in [-0.2, 0) is 0 Å². The molecule has 0 saturated carbocycles. The highest BCUT2D eigenvalue weighted by Crippen LogP contribution is 2.32. The number of Topliss-reactive ketones (excluding diaryl/α,β-unsaturated/α-hetero) is 1. The fraction of sp³-hybridized carbons (Fsp3) is 0.458. The minimum Gasteiger partial charge on any atom is -0.497 e. The molecule has 0 aromatic heterocycles. The van der Waals surface area contributed by atoms with Gasteiger partial charge in [-0.15, -0.1) is 0 Å². The summed E-state index contributed by atoms with van der Waals surface area (Å²) in [7, 11) is 4.92. The number of hydrogen-bond acceptors (Lipinski definition) is 6. The molecule has 0 bridgehead atoms. The highest BCUT2D eigenvalue weighted by atomic mass is 16.5. The molecule has 6 heteroatoms. The van der Waals surface area contributed by atoms with Gasteiger partial charge in [-0.1, -0.05) is 12.5 Å². The number of ether oxygens (including phenoxy) is 3. The summed E-state index contributed by atoms with van der Waals surface area (Å²) >= 11 is 0. The zero-order valence-electron chi connectivity index (χ0n) is 18.1. The van der Waals surface area contributed by atoms with Gasteiger partial charge in [0, 0.05) is 18.2 Å². The van der Waals surface area contributed by atoms with E-state index in [1.54, 1.807) is 33.5 Å². The SMILES string of the molecule is COc1ccc(C(=O)CNCC(c2ccc(OC)c(OC)c2)N2CCCCC2)cc1. The van der Waals surface area contributed by atoms with Crippen LogP contribution in [0.4, 0.5) is 0 Å². The maximum absolute atomic E-state index is 12.6. The van der Waals surface area contributed by atoms with Crippen LogP contribution in [0, 0.1) is 0 Å². The lowest BCUT2D eigenvalue weighted by Gasteiger charge is -2.35. The number of benzene rings is 2. The van der Waals surface area contributed by atoms with Crippen molar-refractivity contribution in [3.8, 4) is 17.2 Å². The van der Waals surface area contributed by atoms with Gasteiger partial charge < -0.3 is 19.5 Å². The molecule has 1 heterocycles. The Labute approximate surface area is 179 Å². The number of ketones is 1. The van der Waals surface area contributed by atoms with E-state index in [0.717, 1.165) is 30.3 Å². The molecule has 1 saturated heterocycles. The average molecular weight is 413 g/mol. The van der Waals surface area contributed by atoms with Gasteiger partial charge in [-0.25, -0.2) is 0 Å². The van der Waals surface area contributed by atoms with Gasteiger partial charge >= 0.3 is 0 Å². The Morgan fingerprint density at radius 2 is 1.63 bits per heavy atom. The van der Waals surface area contributed by atoms with Crippen LogP contribution in [0.5, 0.6) is 17.2 Å². The second kappa shape index (κ2) is 11.0. The van der Waals surface area contributed by atoms with Gasteiger partial charge in [0.05, 0.1) is 27.9 Å². The van der Waals surface area contributed by atoms with Crippen molar-refractivity contribution in [3.63, 3.8) is 0 Å². The predicted molar refractivity (Wildman–Crippen MR) is 118 cm³/mol. The number of piperidine rings is 1. The lowest BCUT2D eigenvalue weighted by atomic mass is 10.0. The van der Waals surface area contributed by atoms with Crippen molar-refractivity contribution >= 4 is 5.78 Å². The molecule has 2 aromatic rings. The number of nitrogens with zero attached hydrogens (tertiary/aromatic N) is 1. The van der Waals surface area contributed by atoms with Gasteiger partial charge in [0.2, 0.25) is 0 Å². The van der Waals surface area contributed by atoms with Crippen molar-refractivity contribution in [1.29, 1.82) is 0 Å². The van der Waals surface area contributed by atoms with Crippen LogP contribution in [0.3, 0.4) is 0 Å². The number of hydrogen-bond donors (Lipinski definition) is 1. The Bertz CT molecular complexity index is 816. The maximum atomic E-state index is 12.6. The number of carbonyl (C=O) groups is 1. The summed E-state index contributed by atoms with van der Waals surface area (Å²) in [6.07, 6.45) is 3.68. The zero-order valence-corrected chi connectivity index (χ0v) is 18.1. The molecule has 1 aliphatic rings. The molecule has 0 amide bonds. The van der Waals surface area contributed by atoms with Crippen molar-refractivity contribution in [1.82, 2.24) is 10.2 Å². The maximum Gasteiger partial charge on any atom is 0.176 e. The molecule has 1 unspecified atom stereocenters. The van der Waals surface area contributed by atoms with E-state index in [2.05, 4.69) is 16.3 Å². The Morgan fingerprint density at radius 3 is 2.27 bits per heavy atom. The number of nitrogens with one attached hydrogen (secondary N) is 1. The normalized spacial score (nSPS) is 15.4. The molecule has 0 aliphatic carbocycles. The third-order valence-corrected chi connectivity index (χ3v) is 5.66. The van der Waals surface area contributed by atoms with Crippen LogP contribution in [0.2, 0.25) is 0 Å². The zero-order chi connectivity index (χ0) is 21.3. The van der Waals surface area contributed by atoms with Crippen LogP contribution in [0.25, 0.3) is 0 Å². The summed E-state index contributed by atoms with van der Waals surface area (Å²) in [6, 6.07) is 13.5. The van der Waals surface area contributed by atoms with Crippen molar-refractivity contribution in [2.45, 2.75) is 25.3 Å². The van der Waals surface area contributed by atoms with Crippen LogP contribution < -0.4 is 19.5 Å². The molecule has 2 aromatic carbocycles. The van der Waals surface area contributed by atoms with E-state index in [0.29, 0.717) is 18.7 Å². The van der Waals surface area contributed by atoms with Crippen molar-refractivity contribution in [2.24, 2.45) is 0 Å². The van der Waals surface area contributed by atoms with Crippen LogP contribution in [-0.4, -0.2) is 58.2 Å². The monoisotopic (exact) mass is 412 g/mol. The summed E-state index contributed by atoms with van der Waals surface area (Å²) in [5.41, 5.74) is 1.85. The molecule has 1 N–H and O–H groups in total. The largest absolute Gasteiger partial charge is 0.497 e. The molecule has 30 heavy (non-hydrogen) atoms. The van der Waals surface area contributed by atoms with E-state index < -0.39 is 0 Å². The number of methoxy groups -OCH3 is 3. The van der Waals surface area contributed by atoms with Gasteiger partial charge in [-0.2, -0.15) is 0 Å². The van der Waals surface area contributed by atoms with E-state index in [9.17, 15) is 4.79 Å². The molecule has 162 valence electrons. The summed E-state index contributed by atoms with van der Waals surface area (Å²) in [6.45, 7) is 3.11. The molecule has 1 aliphatic heterocycles. The Balaban J connectivity index is 1.69. The van der Waals surface area contributed by atoms with Gasteiger partial charge in [0.25, 0.3) is 0 Å². The highest BCUT2D eigenvalue weighted by Gasteiger charge is 2.23. The quantitative estimate of drug-likeness (QED) is 0.601. The predicted octanol–water partition coefficient (Wildman–Crippen LogP) is 3.71. The van der Waals surface area contributed by atoms with E-state index >= 15 is 0 Å². The summed E-state index contributed by atoms with van der Waals surface area (Å²) in [4.78, 5) is 15.1.